The zero-order chi connectivity index (χ0) is 26.5. The van der Waals surface area contributed by atoms with Crippen molar-refractivity contribution in [3.05, 3.63) is 99.3 Å². The van der Waals surface area contributed by atoms with E-state index in [0.29, 0.717) is 34.0 Å². The Labute approximate surface area is 239 Å². The van der Waals surface area contributed by atoms with Gasteiger partial charge in [0.1, 0.15) is 12.4 Å². The van der Waals surface area contributed by atoms with E-state index in [1.54, 1.807) is 11.6 Å². The Morgan fingerprint density at radius 1 is 0.949 bits per heavy atom. The van der Waals surface area contributed by atoms with E-state index in [4.69, 9.17) is 9.72 Å². The highest BCUT2D eigenvalue weighted by Crippen LogP contribution is 2.23. The number of benzene rings is 3. The Morgan fingerprint density at radius 2 is 1.62 bits per heavy atom. The van der Waals surface area contributed by atoms with Crippen molar-refractivity contribution in [1.29, 1.82) is 0 Å². The monoisotopic (exact) mass is 563 g/mol. The molecule has 0 N–H and O–H groups in total. The third-order valence-corrected chi connectivity index (χ3v) is 8.20. The lowest BCUT2D eigenvalue weighted by atomic mass is 10.0. The first-order chi connectivity index (χ1) is 18.5. The maximum absolute atomic E-state index is 13.0. The summed E-state index contributed by atoms with van der Waals surface area (Å²) in [5, 5.41) is 1.34. The molecule has 2 heterocycles. The van der Waals surface area contributed by atoms with Crippen molar-refractivity contribution in [1.82, 2.24) is 14.5 Å². The Hall–Kier alpha value is -3.13. The van der Waals surface area contributed by atoms with E-state index >= 15 is 0 Å². The molecule has 0 atom stereocenters. The maximum atomic E-state index is 13.0. The fraction of sp³-hybridized carbons (Fsp3) is 0.323. The van der Waals surface area contributed by atoms with Gasteiger partial charge in [0.05, 0.1) is 10.9 Å². The van der Waals surface area contributed by atoms with Crippen LogP contribution in [0.4, 0.5) is 0 Å². The van der Waals surface area contributed by atoms with Gasteiger partial charge in [-0.15, -0.1) is 12.4 Å². The van der Waals surface area contributed by atoms with Gasteiger partial charge in [0.25, 0.3) is 5.56 Å². The van der Waals surface area contributed by atoms with Crippen LogP contribution >= 0.6 is 24.2 Å². The van der Waals surface area contributed by atoms with Crippen LogP contribution in [0.25, 0.3) is 10.9 Å². The van der Waals surface area contributed by atoms with Gasteiger partial charge in [-0.25, -0.2) is 4.98 Å². The highest BCUT2D eigenvalue weighted by Gasteiger charge is 2.13. The van der Waals surface area contributed by atoms with Crippen molar-refractivity contribution in [2.75, 3.05) is 26.2 Å². The summed E-state index contributed by atoms with van der Waals surface area (Å²) in [7, 11) is 1.76. The third-order valence-electron chi connectivity index (χ3n) is 7.10. The summed E-state index contributed by atoms with van der Waals surface area (Å²) in [5.41, 5.74) is 3.96. The van der Waals surface area contributed by atoms with Crippen LogP contribution in [0.5, 0.6) is 5.75 Å². The minimum Gasteiger partial charge on any atom is -0.492 e. The number of ketones is 1. The number of aryl methyl sites for hydroxylation is 1. The lowest BCUT2D eigenvalue weighted by molar-refractivity contribution is 0.103. The molecule has 0 amide bonds. The summed E-state index contributed by atoms with van der Waals surface area (Å²) in [4.78, 5) is 33.0. The first-order valence-electron chi connectivity index (χ1n) is 13.2. The van der Waals surface area contributed by atoms with E-state index in [1.165, 1.54) is 31.0 Å². The summed E-state index contributed by atoms with van der Waals surface area (Å²) >= 11 is 1.51. The minimum absolute atomic E-state index is 0. The molecule has 1 aliphatic rings. The molecule has 4 aromatic rings. The van der Waals surface area contributed by atoms with Crippen molar-refractivity contribution < 1.29 is 9.53 Å². The van der Waals surface area contributed by atoms with Gasteiger partial charge < -0.3 is 4.74 Å². The van der Waals surface area contributed by atoms with Gasteiger partial charge in [0.2, 0.25) is 0 Å². The zero-order valence-electron chi connectivity index (χ0n) is 22.4. The second-order valence-corrected chi connectivity index (χ2v) is 10.8. The van der Waals surface area contributed by atoms with Crippen molar-refractivity contribution in [2.24, 2.45) is 7.05 Å². The van der Waals surface area contributed by atoms with E-state index in [0.717, 1.165) is 42.0 Å². The third kappa shape index (κ3) is 6.90. The molecule has 0 saturated carbocycles. The van der Waals surface area contributed by atoms with Gasteiger partial charge >= 0.3 is 0 Å². The molecular formula is C31H34ClN3O3S. The molecule has 6 nitrogen and oxygen atoms in total. The number of piperidine rings is 1. The van der Waals surface area contributed by atoms with Gasteiger partial charge in [0.15, 0.2) is 10.9 Å². The van der Waals surface area contributed by atoms with Crippen LogP contribution < -0.4 is 10.3 Å². The number of halogens is 1. The summed E-state index contributed by atoms with van der Waals surface area (Å²) in [6.45, 7) is 5.86. The van der Waals surface area contributed by atoms with E-state index in [1.807, 2.05) is 73.7 Å². The second-order valence-electron chi connectivity index (χ2n) is 9.82. The Bertz CT molecular complexity index is 1480. The Morgan fingerprint density at radius 3 is 2.31 bits per heavy atom. The molecule has 204 valence electrons. The number of aromatic nitrogens is 2. The molecule has 8 heteroatoms. The number of ether oxygens (including phenoxy) is 1. The van der Waals surface area contributed by atoms with Crippen LogP contribution in [-0.4, -0.2) is 46.5 Å². The predicted octanol–water partition coefficient (Wildman–Crippen LogP) is 6.05. The molecule has 0 unspecified atom stereocenters. The second kappa shape index (κ2) is 13.3. The van der Waals surface area contributed by atoms with E-state index in [-0.39, 0.29) is 23.7 Å². The Kier molecular flexibility index (Phi) is 9.83. The number of hydrogen-bond donors (Lipinski definition) is 0. The number of hydrogen-bond acceptors (Lipinski definition) is 6. The van der Waals surface area contributed by atoms with E-state index in [2.05, 4.69) is 4.90 Å². The number of fused-ring (bicyclic) bond motifs is 1. The molecule has 1 aromatic heterocycles. The summed E-state index contributed by atoms with van der Waals surface area (Å²) in [6.07, 6.45) is 3.89. The number of thioether (sulfide) groups is 1. The quantitative estimate of drug-likeness (QED) is 0.140. The van der Waals surface area contributed by atoms with Crippen LogP contribution in [0.3, 0.4) is 0 Å². The van der Waals surface area contributed by atoms with Crippen molar-refractivity contribution in [3.63, 3.8) is 0 Å². The molecule has 1 saturated heterocycles. The molecule has 0 spiro atoms. The molecule has 1 fully saturated rings. The first-order valence-corrected chi connectivity index (χ1v) is 14.2. The van der Waals surface area contributed by atoms with Crippen molar-refractivity contribution >= 4 is 40.9 Å². The number of rotatable bonds is 9. The van der Waals surface area contributed by atoms with Gasteiger partial charge in [-0.1, -0.05) is 54.6 Å². The van der Waals surface area contributed by atoms with Gasteiger partial charge in [-0.05, 0) is 74.3 Å². The van der Waals surface area contributed by atoms with Gasteiger partial charge in [0, 0.05) is 30.5 Å². The normalized spacial score (nSPS) is 13.7. The summed E-state index contributed by atoms with van der Waals surface area (Å²) < 4.78 is 7.50. The summed E-state index contributed by atoms with van der Waals surface area (Å²) in [6, 6.07) is 20.8. The SMILES string of the molecule is Cc1cccc2nc(SCc3ccc(C(=O)c4ccc(OCCN5CCCCC5)cc4)cc3)n(C)c(=O)c12.Cl. The molecular weight excluding hydrogens is 530 g/mol. The topological polar surface area (TPSA) is 64.4 Å². The maximum Gasteiger partial charge on any atom is 0.262 e. The molecule has 0 radical (unpaired) electrons. The van der Waals surface area contributed by atoms with Gasteiger partial charge in [-0.2, -0.15) is 0 Å². The summed E-state index contributed by atoms with van der Waals surface area (Å²) in [5.74, 6) is 1.42. The highest BCUT2D eigenvalue weighted by atomic mass is 35.5. The molecule has 0 aliphatic carbocycles. The molecule has 0 bridgehead atoms. The number of nitrogens with zero attached hydrogens (tertiary/aromatic N) is 3. The standard InChI is InChI=1S/C31H33N3O3S.ClH/c1-22-7-6-8-27-28(22)30(36)33(2)31(32-27)38-21-23-9-11-24(12-10-23)29(35)25-13-15-26(16-14-25)37-20-19-34-17-4-3-5-18-34;/h6-16H,3-5,17-21H2,1-2H3;1H. The zero-order valence-corrected chi connectivity index (χ0v) is 24.0. The van der Waals surface area contributed by atoms with Crippen LogP contribution in [0.2, 0.25) is 0 Å². The number of carbonyl (C=O) groups is 1. The molecule has 5 rings (SSSR count). The van der Waals surface area contributed by atoms with Gasteiger partial charge in [-0.3, -0.25) is 19.1 Å². The minimum atomic E-state index is -0.0324. The van der Waals surface area contributed by atoms with Crippen molar-refractivity contribution in [3.8, 4) is 5.75 Å². The molecule has 1 aliphatic heterocycles. The highest BCUT2D eigenvalue weighted by molar-refractivity contribution is 7.98. The number of likely N-dealkylation sites (tertiary alicyclic amines) is 1. The molecule has 3 aromatic carbocycles. The predicted molar refractivity (Wildman–Crippen MR) is 161 cm³/mol. The van der Waals surface area contributed by atoms with Crippen LogP contribution in [0.1, 0.15) is 46.3 Å². The largest absolute Gasteiger partial charge is 0.492 e. The fourth-order valence-corrected chi connectivity index (χ4v) is 5.76. The van der Waals surface area contributed by atoms with Crippen molar-refractivity contribution in [2.45, 2.75) is 37.1 Å². The van der Waals surface area contributed by atoms with Crippen LogP contribution in [-0.2, 0) is 12.8 Å². The fourth-order valence-electron chi connectivity index (χ4n) is 4.83. The van der Waals surface area contributed by atoms with E-state index < -0.39 is 0 Å². The average Bonchev–Trinajstić information content (AvgIpc) is 2.95. The van der Waals surface area contributed by atoms with E-state index in [9.17, 15) is 9.59 Å². The van der Waals surface area contributed by atoms with Crippen LogP contribution in [0.15, 0.2) is 76.7 Å². The smallest absolute Gasteiger partial charge is 0.262 e. The lowest BCUT2D eigenvalue weighted by Crippen LogP contribution is -2.33. The molecule has 39 heavy (non-hydrogen) atoms. The number of carbonyl (C=O) groups excluding carboxylic acids is 1. The Balaban J connectivity index is 0.00000353. The first kappa shape index (κ1) is 28.9. The lowest BCUT2D eigenvalue weighted by Gasteiger charge is -2.26. The van der Waals surface area contributed by atoms with Crippen LogP contribution in [0, 0.1) is 6.92 Å². The average molecular weight is 564 g/mol.